The molecule has 0 bridgehead atoms. The van der Waals surface area contributed by atoms with Crippen LogP contribution in [0.2, 0.25) is 0 Å². The molecule has 0 radical (unpaired) electrons. The highest BCUT2D eigenvalue weighted by Gasteiger charge is 2.22. The summed E-state index contributed by atoms with van der Waals surface area (Å²) in [5.74, 6) is 0.674. The smallest absolute Gasteiger partial charge is 0.269 e. The third-order valence-corrected chi connectivity index (χ3v) is 5.16. The number of benzene rings is 2. The molecule has 1 amide bonds. The maximum absolute atomic E-state index is 12.9. The second kappa shape index (κ2) is 7.86. The summed E-state index contributed by atoms with van der Waals surface area (Å²) in [4.78, 5) is 12.9. The zero-order valence-corrected chi connectivity index (χ0v) is 16.2. The lowest BCUT2D eigenvalue weighted by atomic mass is 10.0. The molecular formula is C22H24N4O2. The first-order valence-electron chi connectivity index (χ1n) is 9.53. The van der Waals surface area contributed by atoms with Crippen LogP contribution in [0.5, 0.6) is 5.75 Å². The Balaban J connectivity index is 1.52. The van der Waals surface area contributed by atoms with Gasteiger partial charge >= 0.3 is 0 Å². The van der Waals surface area contributed by atoms with Gasteiger partial charge < -0.3 is 4.74 Å². The second-order valence-corrected chi connectivity index (χ2v) is 6.85. The summed E-state index contributed by atoms with van der Waals surface area (Å²) in [6, 6.07) is 16.0. The molecule has 4 rings (SSSR count). The number of fused-ring (bicyclic) bond motifs is 1. The molecule has 28 heavy (non-hydrogen) atoms. The van der Waals surface area contributed by atoms with Gasteiger partial charge in [0.1, 0.15) is 5.75 Å². The summed E-state index contributed by atoms with van der Waals surface area (Å²) in [6.07, 6.45) is 3.29. The summed E-state index contributed by atoms with van der Waals surface area (Å²) in [5, 5.41) is 6.44. The molecule has 6 heteroatoms. The van der Waals surface area contributed by atoms with Crippen molar-refractivity contribution in [3.05, 3.63) is 77.1 Å². The molecule has 1 aromatic heterocycles. The van der Waals surface area contributed by atoms with Gasteiger partial charge in [-0.1, -0.05) is 31.2 Å². The third kappa shape index (κ3) is 3.51. The Bertz CT molecular complexity index is 978. The van der Waals surface area contributed by atoms with Gasteiger partial charge in [0.25, 0.3) is 5.91 Å². The van der Waals surface area contributed by atoms with Crippen molar-refractivity contribution in [3.63, 3.8) is 0 Å². The van der Waals surface area contributed by atoms with E-state index >= 15 is 0 Å². The van der Waals surface area contributed by atoms with Gasteiger partial charge in [-0.25, -0.2) is 9.69 Å². The number of carbonyl (C=O) groups is 1. The number of hydrogen-bond donors (Lipinski definition) is 1. The number of hydrazine groups is 1. The van der Waals surface area contributed by atoms with Crippen LogP contribution in [-0.2, 0) is 19.4 Å². The van der Waals surface area contributed by atoms with Crippen molar-refractivity contribution < 1.29 is 9.53 Å². The third-order valence-electron chi connectivity index (χ3n) is 5.16. The molecule has 0 aliphatic carbocycles. The minimum absolute atomic E-state index is 0.115. The van der Waals surface area contributed by atoms with Crippen LogP contribution in [0.15, 0.2) is 54.7 Å². The predicted molar refractivity (Wildman–Crippen MR) is 108 cm³/mol. The Morgan fingerprint density at radius 2 is 1.89 bits per heavy atom. The predicted octanol–water partition coefficient (Wildman–Crippen LogP) is 3.15. The van der Waals surface area contributed by atoms with Crippen molar-refractivity contribution in [2.75, 3.05) is 13.7 Å². The molecule has 1 N–H and O–H groups in total. The fraction of sp³-hybridized carbons (Fsp3) is 0.273. The Morgan fingerprint density at radius 3 is 2.61 bits per heavy atom. The maximum atomic E-state index is 12.9. The van der Waals surface area contributed by atoms with Crippen LogP contribution in [0.3, 0.4) is 0 Å². The average Bonchev–Trinajstić information content (AvgIpc) is 3.18. The van der Waals surface area contributed by atoms with E-state index in [0.717, 1.165) is 36.6 Å². The van der Waals surface area contributed by atoms with Gasteiger partial charge in [0.05, 0.1) is 30.3 Å². The first-order valence-corrected chi connectivity index (χ1v) is 9.53. The second-order valence-electron chi connectivity index (χ2n) is 6.85. The normalized spacial score (nSPS) is 13.8. The van der Waals surface area contributed by atoms with E-state index in [1.165, 1.54) is 11.1 Å². The number of ether oxygens (including phenoxy) is 1. The molecule has 1 aliphatic heterocycles. The summed E-state index contributed by atoms with van der Waals surface area (Å²) >= 11 is 0. The largest absolute Gasteiger partial charge is 0.497 e. The van der Waals surface area contributed by atoms with Gasteiger partial charge in [-0.15, -0.1) is 0 Å². The van der Waals surface area contributed by atoms with Gasteiger partial charge in [0.15, 0.2) is 0 Å². The first kappa shape index (κ1) is 18.3. The Morgan fingerprint density at radius 1 is 1.14 bits per heavy atom. The number of hydrogen-bond acceptors (Lipinski definition) is 4. The molecular weight excluding hydrogens is 352 g/mol. The fourth-order valence-corrected chi connectivity index (χ4v) is 3.64. The molecule has 0 spiro atoms. The van der Waals surface area contributed by atoms with E-state index in [-0.39, 0.29) is 5.91 Å². The van der Waals surface area contributed by atoms with E-state index in [1.54, 1.807) is 13.3 Å². The SMILES string of the molecule is CCc1c(C(=O)NN2CCc3ccccc3C2)cnn1-c1ccc(OC)cc1. The van der Waals surface area contributed by atoms with E-state index in [0.29, 0.717) is 12.0 Å². The lowest BCUT2D eigenvalue weighted by molar-refractivity contribution is 0.0763. The van der Waals surface area contributed by atoms with Crippen LogP contribution in [0, 0.1) is 0 Å². The van der Waals surface area contributed by atoms with E-state index in [4.69, 9.17) is 4.74 Å². The molecule has 2 aromatic carbocycles. The Hall–Kier alpha value is -3.12. The van der Waals surface area contributed by atoms with E-state index in [1.807, 2.05) is 46.9 Å². The monoisotopic (exact) mass is 376 g/mol. The molecule has 6 nitrogen and oxygen atoms in total. The quantitative estimate of drug-likeness (QED) is 0.743. The standard InChI is InChI=1S/C22H24N4O2/c1-3-21-20(14-23-26(21)18-8-10-19(28-2)11-9-18)22(27)24-25-13-12-16-6-4-5-7-17(16)15-25/h4-11,14H,3,12-13,15H2,1-2H3,(H,24,27). The highest BCUT2D eigenvalue weighted by Crippen LogP contribution is 2.20. The topological polar surface area (TPSA) is 59.4 Å². The zero-order valence-electron chi connectivity index (χ0n) is 16.2. The zero-order chi connectivity index (χ0) is 19.5. The van der Waals surface area contributed by atoms with Gasteiger partial charge in [-0.3, -0.25) is 10.2 Å². The van der Waals surface area contributed by atoms with E-state index < -0.39 is 0 Å². The lowest BCUT2D eigenvalue weighted by Gasteiger charge is -2.28. The molecule has 1 aliphatic rings. The van der Waals surface area contributed by atoms with Crippen molar-refractivity contribution in [2.45, 2.75) is 26.3 Å². The minimum atomic E-state index is -0.115. The molecule has 3 aromatic rings. The highest BCUT2D eigenvalue weighted by molar-refractivity contribution is 5.95. The molecule has 0 unspecified atom stereocenters. The van der Waals surface area contributed by atoms with Crippen LogP contribution in [-0.4, -0.2) is 34.4 Å². The Labute approximate surface area is 164 Å². The molecule has 0 saturated heterocycles. The summed E-state index contributed by atoms with van der Waals surface area (Å²) in [6.45, 7) is 3.55. The number of nitrogens with one attached hydrogen (secondary N) is 1. The van der Waals surface area contributed by atoms with Crippen LogP contribution < -0.4 is 10.2 Å². The number of aromatic nitrogens is 2. The van der Waals surface area contributed by atoms with Gasteiger partial charge in [0.2, 0.25) is 0 Å². The fourth-order valence-electron chi connectivity index (χ4n) is 3.64. The van der Waals surface area contributed by atoms with Crippen molar-refractivity contribution in [2.24, 2.45) is 0 Å². The van der Waals surface area contributed by atoms with Crippen LogP contribution in [0.1, 0.15) is 34.1 Å². The molecule has 144 valence electrons. The minimum Gasteiger partial charge on any atom is -0.497 e. The summed E-state index contributed by atoms with van der Waals surface area (Å²) in [7, 11) is 1.64. The van der Waals surface area contributed by atoms with E-state index in [9.17, 15) is 4.79 Å². The van der Waals surface area contributed by atoms with Gasteiger partial charge in [-0.05, 0) is 48.2 Å². The summed E-state index contributed by atoms with van der Waals surface area (Å²) in [5.41, 5.74) is 8.08. The van der Waals surface area contributed by atoms with E-state index in [2.05, 4.69) is 28.7 Å². The van der Waals surface area contributed by atoms with Crippen molar-refractivity contribution >= 4 is 5.91 Å². The maximum Gasteiger partial charge on any atom is 0.269 e. The van der Waals surface area contributed by atoms with Crippen LogP contribution >= 0.6 is 0 Å². The van der Waals surface area contributed by atoms with Crippen LogP contribution in [0.4, 0.5) is 0 Å². The Kier molecular flexibility index (Phi) is 5.12. The number of rotatable bonds is 5. The number of amides is 1. The van der Waals surface area contributed by atoms with Crippen molar-refractivity contribution in [1.82, 2.24) is 20.2 Å². The summed E-state index contributed by atoms with van der Waals surface area (Å²) < 4.78 is 7.03. The number of nitrogens with zero attached hydrogens (tertiary/aromatic N) is 3. The molecule has 0 fully saturated rings. The number of methoxy groups -OCH3 is 1. The molecule has 0 saturated carbocycles. The van der Waals surface area contributed by atoms with Gasteiger partial charge in [0, 0.05) is 13.1 Å². The van der Waals surface area contributed by atoms with Crippen molar-refractivity contribution in [1.29, 1.82) is 0 Å². The van der Waals surface area contributed by atoms with Crippen molar-refractivity contribution in [3.8, 4) is 11.4 Å². The molecule has 0 atom stereocenters. The number of carbonyl (C=O) groups excluding carboxylic acids is 1. The first-order chi connectivity index (χ1) is 13.7. The molecule has 2 heterocycles. The highest BCUT2D eigenvalue weighted by atomic mass is 16.5. The van der Waals surface area contributed by atoms with Gasteiger partial charge in [-0.2, -0.15) is 5.10 Å². The lowest BCUT2D eigenvalue weighted by Crippen LogP contribution is -2.45. The average molecular weight is 376 g/mol. The van der Waals surface area contributed by atoms with Crippen LogP contribution in [0.25, 0.3) is 5.69 Å².